The molecular formula is C11H15F. The third-order valence-corrected chi connectivity index (χ3v) is 2.32. The Morgan fingerprint density at radius 3 is 2.17 bits per heavy atom. The van der Waals surface area contributed by atoms with E-state index in [9.17, 15) is 4.39 Å². The van der Waals surface area contributed by atoms with E-state index < -0.39 is 5.67 Å². The fourth-order valence-corrected chi connectivity index (χ4v) is 1.11. The maximum absolute atomic E-state index is 13.7. The summed E-state index contributed by atoms with van der Waals surface area (Å²) in [4.78, 5) is 0. The van der Waals surface area contributed by atoms with Crippen LogP contribution >= 0.6 is 0 Å². The molecule has 0 heterocycles. The fraction of sp³-hybridized carbons (Fsp3) is 0.455. The van der Waals surface area contributed by atoms with Crippen molar-refractivity contribution in [3.05, 3.63) is 35.4 Å². The summed E-state index contributed by atoms with van der Waals surface area (Å²) in [6.45, 7) is 5.49. The molecule has 12 heavy (non-hydrogen) atoms. The molecule has 1 aromatic rings. The van der Waals surface area contributed by atoms with Gasteiger partial charge in [-0.1, -0.05) is 36.8 Å². The lowest BCUT2D eigenvalue weighted by atomic mass is 9.95. The molecule has 0 aliphatic rings. The molecule has 0 bridgehead atoms. The molecule has 1 aromatic carbocycles. The molecule has 0 spiro atoms. The summed E-state index contributed by atoms with van der Waals surface area (Å²) in [6, 6.07) is 7.61. The Morgan fingerprint density at radius 1 is 1.25 bits per heavy atom. The molecule has 0 N–H and O–H groups in total. The lowest BCUT2D eigenvalue weighted by Gasteiger charge is -2.18. The van der Waals surface area contributed by atoms with Gasteiger partial charge in [-0.15, -0.1) is 0 Å². The van der Waals surface area contributed by atoms with Gasteiger partial charge >= 0.3 is 0 Å². The Bertz CT molecular complexity index is 246. The third kappa shape index (κ3) is 1.84. The molecule has 0 aliphatic carbocycles. The number of hydrogen-bond acceptors (Lipinski definition) is 0. The van der Waals surface area contributed by atoms with Crippen molar-refractivity contribution < 1.29 is 4.39 Å². The predicted octanol–water partition coefficient (Wildman–Crippen LogP) is 3.59. The van der Waals surface area contributed by atoms with Crippen LogP contribution in [0.15, 0.2) is 24.3 Å². The largest absolute Gasteiger partial charge is 0.239 e. The van der Waals surface area contributed by atoms with Crippen LogP contribution in [0.5, 0.6) is 0 Å². The van der Waals surface area contributed by atoms with Crippen molar-refractivity contribution in [2.45, 2.75) is 32.9 Å². The third-order valence-electron chi connectivity index (χ3n) is 2.32. The van der Waals surface area contributed by atoms with Crippen molar-refractivity contribution in [1.29, 1.82) is 0 Å². The maximum Gasteiger partial charge on any atom is 0.133 e. The standard InChI is InChI=1S/C11H15F/c1-4-11(3,12)10-7-5-9(2)6-8-10/h5-8H,4H2,1-3H3. The smallest absolute Gasteiger partial charge is 0.133 e. The normalized spacial score (nSPS) is 15.7. The van der Waals surface area contributed by atoms with Gasteiger partial charge in [0, 0.05) is 0 Å². The van der Waals surface area contributed by atoms with E-state index in [2.05, 4.69) is 0 Å². The number of hydrogen-bond donors (Lipinski definition) is 0. The molecule has 0 saturated carbocycles. The van der Waals surface area contributed by atoms with Crippen LogP contribution in [0.1, 0.15) is 31.4 Å². The summed E-state index contributed by atoms with van der Waals surface area (Å²) in [6.07, 6.45) is 0.524. The fourth-order valence-electron chi connectivity index (χ4n) is 1.11. The van der Waals surface area contributed by atoms with E-state index in [0.29, 0.717) is 6.42 Å². The molecule has 1 heteroatoms. The molecule has 0 aliphatic heterocycles. The van der Waals surface area contributed by atoms with Gasteiger partial charge < -0.3 is 0 Å². The van der Waals surface area contributed by atoms with Crippen LogP contribution in [0, 0.1) is 6.92 Å². The van der Waals surface area contributed by atoms with E-state index in [4.69, 9.17) is 0 Å². The zero-order valence-corrected chi connectivity index (χ0v) is 7.89. The first kappa shape index (κ1) is 9.24. The van der Waals surface area contributed by atoms with Gasteiger partial charge in [-0.3, -0.25) is 0 Å². The highest BCUT2D eigenvalue weighted by atomic mass is 19.1. The molecule has 1 atom stereocenters. The highest BCUT2D eigenvalue weighted by Crippen LogP contribution is 2.28. The van der Waals surface area contributed by atoms with Crippen LogP contribution in [0.4, 0.5) is 4.39 Å². The minimum absolute atomic E-state index is 0.524. The quantitative estimate of drug-likeness (QED) is 0.629. The SMILES string of the molecule is CCC(C)(F)c1ccc(C)cc1. The average molecular weight is 166 g/mol. The highest BCUT2D eigenvalue weighted by Gasteiger charge is 2.22. The summed E-state index contributed by atoms with van der Waals surface area (Å²) >= 11 is 0. The molecule has 1 unspecified atom stereocenters. The number of halogens is 1. The van der Waals surface area contributed by atoms with Crippen molar-refractivity contribution >= 4 is 0 Å². The van der Waals surface area contributed by atoms with E-state index in [0.717, 1.165) is 5.56 Å². The van der Waals surface area contributed by atoms with Gasteiger partial charge in [-0.25, -0.2) is 4.39 Å². The van der Waals surface area contributed by atoms with Crippen LogP contribution in [0.3, 0.4) is 0 Å². The molecule has 0 saturated heterocycles. The van der Waals surface area contributed by atoms with Crippen LogP contribution < -0.4 is 0 Å². The van der Waals surface area contributed by atoms with E-state index >= 15 is 0 Å². The van der Waals surface area contributed by atoms with Crippen molar-refractivity contribution in [2.24, 2.45) is 0 Å². The predicted molar refractivity (Wildman–Crippen MR) is 49.9 cm³/mol. The van der Waals surface area contributed by atoms with E-state index in [1.54, 1.807) is 6.92 Å². The second-order valence-corrected chi connectivity index (χ2v) is 3.42. The summed E-state index contributed by atoms with van der Waals surface area (Å²) in [7, 11) is 0. The van der Waals surface area contributed by atoms with Crippen molar-refractivity contribution in [1.82, 2.24) is 0 Å². The van der Waals surface area contributed by atoms with Crippen molar-refractivity contribution in [2.75, 3.05) is 0 Å². The lowest BCUT2D eigenvalue weighted by Crippen LogP contribution is -2.12. The molecule has 0 radical (unpaired) electrons. The first-order valence-electron chi connectivity index (χ1n) is 4.32. The Kier molecular flexibility index (Phi) is 2.51. The average Bonchev–Trinajstić information content (AvgIpc) is 2.05. The first-order valence-corrected chi connectivity index (χ1v) is 4.32. The molecule has 66 valence electrons. The minimum Gasteiger partial charge on any atom is -0.239 e. The number of aryl methyl sites for hydroxylation is 1. The van der Waals surface area contributed by atoms with Gasteiger partial charge in [0.2, 0.25) is 0 Å². The second-order valence-electron chi connectivity index (χ2n) is 3.42. The summed E-state index contributed by atoms with van der Waals surface area (Å²) < 4.78 is 13.7. The van der Waals surface area contributed by atoms with E-state index in [1.807, 2.05) is 38.1 Å². The summed E-state index contributed by atoms with van der Waals surface area (Å²) in [5.41, 5.74) is 0.773. The number of benzene rings is 1. The van der Waals surface area contributed by atoms with Gasteiger partial charge in [0.05, 0.1) is 0 Å². The summed E-state index contributed by atoms with van der Waals surface area (Å²) in [5.74, 6) is 0. The van der Waals surface area contributed by atoms with Gasteiger partial charge in [0.15, 0.2) is 0 Å². The van der Waals surface area contributed by atoms with Crippen LogP contribution in [0.2, 0.25) is 0 Å². The van der Waals surface area contributed by atoms with Crippen LogP contribution in [-0.4, -0.2) is 0 Å². The van der Waals surface area contributed by atoms with Gasteiger partial charge in [-0.05, 0) is 25.8 Å². The van der Waals surface area contributed by atoms with Crippen LogP contribution in [0.25, 0.3) is 0 Å². The Hall–Kier alpha value is -0.850. The highest BCUT2D eigenvalue weighted by molar-refractivity contribution is 5.25. The zero-order chi connectivity index (χ0) is 9.19. The topological polar surface area (TPSA) is 0 Å². The molecule has 0 amide bonds. The van der Waals surface area contributed by atoms with E-state index in [-0.39, 0.29) is 0 Å². The molecule has 1 rings (SSSR count). The first-order chi connectivity index (χ1) is 5.56. The van der Waals surface area contributed by atoms with Gasteiger partial charge in [-0.2, -0.15) is 0 Å². The Morgan fingerprint density at radius 2 is 1.75 bits per heavy atom. The second kappa shape index (κ2) is 3.26. The molecule has 0 nitrogen and oxygen atoms in total. The van der Waals surface area contributed by atoms with Crippen LogP contribution in [-0.2, 0) is 5.67 Å². The zero-order valence-electron chi connectivity index (χ0n) is 7.89. The molecular weight excluding hydrogens is 151 g/mol. The minimum atomic E-state index is -1.17. The lowest BCUT2D eigenvalue weighted by molar-refractivity contribution is 0.185. The number of alkyl halides is 1. The molecule has 0 aromatic heterocycles. The Balaban J connectivity index is 2.96. The van der Waals surface area contributed by atoms with Crippen molar-refractivity contribution in [3.63, 3.8) is 0 Å². The van der Waals surface area contributed by atoms with E-state index in [1.165, 1.54) is 5.56 Å². The molecule has 0 fully saturated rings. The van der Waals surface area contributed by atoms with Crippen molar-refractivity contribution in [3.8, 4) is 0 Å². The van der Waals surface area contributed by atoms with Gasteiger partial charge in [0.1, 0.15) is 5.67 Å². The summed E-state index contributed by atoms with van der Waals surface area (Å²) in [5, 5.41) is 0. The maximum atomic E-state index is 13.7. The Labute approximate surface area is 73.4 Å². The monoisotopic (exact) mass is 166 g/mol. The van der Waals surface area contributed by atoms with Gasteiger partial charge in [0.25, 0.3) is 0 Å². The number of rotatable bonds is 2.